The molecule has 0 fully saturated rings. The maximum atomic E-state index is 14.2. The van der Waals surface area contributed by atoms with Crippen LogP contribution in [0.1, 0.15) is 43.0 Å². The molecule has 0 aliphatic carbocycles. The van der Waals surface area contributed by atoms with E-state index in [9.17, 15) is 28.0 Å². The van der Waals surface area contributed by atoms with Crippen LogP contribution in [0.4, 0.5) is 23.9 Å². The smallest absolute Gasteiger partial charge is 0.417 e. The van der Waals surface area contributed by atoms with Crippen LogP contribution in [0.15, 0.2) is 24.3 Å². The van der Waals surface area contributed by atoms with Crippen molar-refractivity contribution in [2.75, 3.05) is 30.9 Å². The second-order valence-electron chi connectivity index (χ2n) is 8.48. The van der Waals surface area contributed by atoms with Crippen molar-refractivity contribution in [3.05, 3.63) is 50.7 Å². The van der Waals surface area contributed by atoms with E-state index in [1.54, 1.807) is 19.1 Å². The SMILES string of the molecule is CCOC(=O)c1sc(NC(=O)c2sc3nc(-c4ccc5c(c4)OCCO5)cc(C(F)(F)F)c3c2N)c(C#N)c1C. The second kappa shape index (κ2) is 10.3. The van der Waals surface area contributed by atoms with E-state index in [4.69, 9.17) is 19.9 Å². The van der Waals surface area contributed by atoms with E-state index in [2.05, 4.69) is 10.3 Å². The van der Waals surface area contributed by atoms with Crippen molar-refractivity contribution in [2.24, 2.45) is 0 Å². The number of fused-ring (bicyclic) bond motifs is 2. The van der Waals surface area contributed by atoms with E-state index in [1.165, 1.54) is 13.0 Å². The van der Waals surface area contributed by atoms with Crippen molar-refractivity contribution in [1.29, 1.82) is 5.26 Å². The number of rotatable bonds is 5. The molecule has 206 valence electrons. The number of nitrogen functional groups attached to an aromatic ring is 1. The molecule has 1 aliphatic heterocycles. The topological polar surface area (TPSA) is 137 Å². The normalized spacial score (nSPS) is 12.7. The Morgan fingerprint density at radius 2 is 1.90 bits per heavy atom. The fourth-order valence-electron chi connectivity index (χ4n) is 4.15. The molecule has 1 amide bonds. The lowest BCUT2D eigenvalue weighted by atomic mass is 10.0. The van der Waals surface area contributed by atoms with Crippen molar-refractivity contribution in [3.63, 3.8) is 0 Å². The lowest BCUT2D eigenvalue weighted by Gasteiger charge is -2.19. The zero-order chi connectivity index (χ0) is 28.8. The summed E-state index contributed by atoms with van der Waals surface area (Å²) in [5, 5.41) is 11.8. The van der Waals surface area contributed by atoms with E-state index >= 15 is 0 Å². The summed E-state index contributed by atoms with van der Waals surface area (Å²) >= 11 is 1.51. The molecular weight excluding hydrogens is 569 g/mol. The third kappa shape index (κ3) is 4.78. The van der Waals surface area contributed by atoms with Gasteiger partial charge in [-0.15, -0.1) is 22.7 Å². The Kier molecular flexibility index (Phi) is 7.03. The highest BCUT2D eigenvalue weighted by Gasteiger charge is 2.36. The number of ether oxygens (including phenoxy) is 3. The van der Waals surface area contributed by atoms with Crippen LogP contribution in [0.5, 0.6) is 11.5 Å². The molecule has 1 aromatic carbocycles. The highest BCUT2D eigenvalue weighted by Crippen LogP contribution is 2.45. The van der Waals surface area contributed by atoms with Crippen LogP contribution < -0.4 is 20.5 Å². The third-order valence-corrected chi connectivity index (χ3v) is 8.28. The molecule has 0 saturated carbocycles. The van der Waals surface area contributed by atoms with Gasteiger partial charge in [-0.3, -0.25) is 4.79 Å². The van der Waals surface area contributed by atoms with Crippen LogP contribution in [0, 0.1) is 18.3 Å². The van der Waals surface area contributed by atoms with Gasteiger partial charge in [0, 0.05) is 10.9 Å². The minimum absolute atomic E-state index is 0.00438. The lowest BCUT2D eigenvalue weighted by Crippen LogP contribution is -2.15. The van der Waals surface area contributed by atoms with Crippen molar-refractivity contribution >= 4 is 55.5 Å². The quantitative estimate of drug-likeness (QED) is 0.271. The van der Waals surface area contributed by atoms with Gasteiger partial charge in [0.25, 0.3) is 5.91 Å². The number of aromatic nitrogens is 1. The predicted molar refractivity (Wildman–Crippen MR) is 143 cm³/mol. The summed E-state index contributed by atoms with van der Waals surface area (Å²) in [6.45, 7) is 3.93. The number of halogens is 3. The number of nitrogens with two attached hydrogens (primary N) is 1. The number of esters is 1. The number of nitrogens with zero attached hydrogens (tertiary/aromatic N) is 2. The molecule has 3 N–H and O–H groups in total. The highest BCUT2D eigenvalue weighted by molar-refractivity contribution is 7.21. The number of carbonyl (C=O) groups excluding carboxylic acids is 2. The number of amides is 1. The molecule has 0 spiro atoms. The molecule has 0 bridgehead atoms. The zero-order valence-electron chi connectivity index (χ0n) is 20.9. The summed E-state index contributed by atoms with van der Waals surface area (Å²) in [5.74, 6) is -0.651. The standard InChI is InChI=1S/C26H19F3N4O5S2/c1-3-36-25(35)20-11(2)13(10-30)23(39-20)33-22(34)21-19(31)18-14(26(27,28)29)9-15(32-24(18)40-21)12-4-5-16-17(8-12)38-7-6-37-16/h4-5,8-9H,3,6-7,31H2,1-2H3,(H,33,34). The molecule has 0 radical (unpaired) electrons. The van der Waals surface area contributed by atoms with Gasteiger partial charge in [-0.05, 0) is 43.7 Å². The molecule has 0 saturated heterocycles. The number of nitrogens with one attached hydrogen (secondary N) is 1. The highest BCUT2D eigenvalue weighted by atomic mass is 32.1. The summed E-state index contributed by atoms with van der Waals surface area (Å²) in [6.07, 6.45) is -4.81. The van der Waals surface area contributed by atoms with Crippen LogP contribution >= 0.6 is 22.7 Å². The van der Waals surface area contributed by atoms with Crippen molar-refractivity contribution < 1.29 is 37.0 Å². The predicted octanol–water partition coefficient (Wildman–Crippen LogP) is 6.01. The number of thiophene rings is 2. The van der Waals surface area contributed by atoms with E-state index in [0.29, 0.717) is 47.2 Å². The van der Waals surface area contributed by atoms with Gasteiger partial charge in [-0.25, -0.2) is 9.78 Å². The summed E-state index contributed by atoms with van der Waals surface area (Å²) in [4.78, 5) is 29.7. The molecule has 1 aliphatic rings. The van der Waals surface area contributed by atoms with Gasteiger partial charge in [0.1, 0.15) is 38.9 Å². The zero-order valence-corrected chi connectivity index (χ0v) is 22.5. The number of hydrogen-bond donors (Lipinski definition) is 2. The van der Waals surface area contributed by atoms with Gasteiger partial charge >= 0.3 is 12.1 Å². The Balaban J connectivity index is 1.57. The molecule has 0 atom stereocenters. The van der Waals surface area contributed by atoms with Crippen molar-refractivity contribution in [2.45, 2.75) is 20.0 Å². The Bertz CT molecular complexity index is 1720. The number of carbonyl (C=O) groups is 2. The average molecular weight is 589 g/mol. The minimum atomic E-state index is -4.81. The first-order valence-electron chi connectivity index (χ1n) is 11.8. The Hall–Kier alpha value is -4.35. The molecule has 4 aromatic rings. The maximum Gasteiger partial charge on any atom is 0.417 e. The number of nitriles is 1. The Labute approximate surface area is 232 Å². The van der Waals surface area contributed by atoms with E-state index in [1.807, 2.05) is 6.07 Å². The molecular formula is C26H19F3N4O5S2. The number of benzene rings is 1. The van der Waals surface area contributed by atoms with Crippen LogP contribution in [-0.2, 0) is 10.9 Å². The second-order valence-corrected chi connectivity index (χ2v) is 10.5. The fraction of sp³-hybridized carbons (Fsp3) is 0.231. The number of pyridine rings is 1. The average Bonchev–Trinajstić information content (AvgIpc) is 3.43. The van der Waals surface area contributed by atoms with Crippen LogP contribution in [0.3, 0.4) is 0 Å². The van der Waals surface area contributed by atoms with E-state index < -0.39 is 34.7 Å². The van der Waals surface area contributed by atoms with Crippen molar-refractivity contribution in [3.8, 4) is 28.8 Å². The van der Waals surface area contributed by atoms with Gasteiger partial charge in [0.2, 0.25) is 0 Å². The van der Waals surface area contributed by atoms with Gasteiger partial charge < -0.3 is 25.3 Å². The maximum absolute atomic E-state index is 14.2. The lowest BCUT2D eigenvalue weighted by molar-refractivity contribution is -0.136. The first kappa shape index (κ1) is 27.2. The van der Waals surface area contributed by atoms with Crippen LogP contribution in [0.25, 0.3) is 21.5 Å². The number of hydrogen-bond acceptors (Lipinski definition) is 10. The third-order valence-electron chi connectivity index (χ3n) is 5.99. The van der Waals surface area contributed by atoms with E-state index in [-0.39, 0.29) is 37.5 Å². The summed E-state index contributed by atoms with van der Waals surface area (Å²) < 4.78 is 58.6. The largest absolute Gasteiger partial charge is 0.486 e. The molecule has 5 rings (SSSR count). The molecule has 40 heavy (non-hydrogen) atoms. The molecule has 14 heteroatoms. The van der Waals surface area contributed by atoms with Gasteiger partial charge in [-0.1, -0.05) is 0 Å². The van der Waals surface area contributed by atoms with Crippen LogP contribution in [-0.4, -0.2) is 36.7 Å². The first-order chi connectivity index (χ1) is 19.0. The minimum Gasteiger partial charge on any atom is -0.486 e. The molecule has 4 heterocycles. The van der Waals surface area contributed by atoms with Crippen LogP contribution in [0.2, 0.25) is 0 Å². The molecule has 9 nitrogen and oxygen atoms in total. The van der Waals surface area contributed by atoms with Gasteiger partial charge in [-0.2, -0.15) is 18.4 Å². The summed E-state index contributed by atoms with van der Waals surface area (Å²) in [5.41, 5.74) is 5.36. The Morgan fingerprint density at radius 1 is 1.18 bits per heavy atom. The van der Waals surface area contributed by atoms with E-state index in [0.717, 1.165) is 17.4 Å². The van der Waals surface area contributed by atoms with Crippen molar-refractivity contribution in [1.82, 2.24) is 4.98 Å². The number of anilines is 2. The van der Waals surface area contributed by atoms with Gasteiger partial charge in [0.15, 0.2) is 11.5 Å². The monoisotopic (exact) mass is 588 g/mol. The molecule has 3 aromatic heterocycles. The number of alkyl halides is 3. The first-order valence-corrected chi connectivity index (χ1v) is 13.4. The summed E-state index contributed by atoms with van der Waals surface area (Å²) in [7, 11) is 0. The summed E-state index contributed by atoms with van der Waals surface area (Å²) in [6, 6.07) is 7.50. The molecule has 0 unspecified atom stereocenters. The van der Waals surface area contributed by atoms with Gasteiger partial charge in [0.05, 0.1) is 29.1 Å². The fourth-order valence-corrected chi connectivity index (χ4v) is 6.21. The Morgan fingerprint density at radius 3 is 2.58 bits per heavy atom.